The first-order valence-corrected chi connectivity index (χ1v) is 11.6. The Bertz CT molecular complexity index is 563. The molecular formula is C17H32N4O4S. The molecule has 0 aromatic heterocycles. The van der Waals surface area contributed by atoms with Gasteiger partial charge in [0.2, 0.25) is 0 Å². The zero-order chi connectivity index (χ0) is 18.4. The van der Waals surface area contributed by atoms with Gasteiger partial charge in [0, 0.05) is 45.9 Å². The van der Waals surface area contributed by atoms with Gasteiger partial charge >= 0.3 is 0 Å². The van der Waals surface area contributed by atoms with Gasteiger partial charge in [-0.3, -0.25) is 9.89 Å². The zero-order valence-corrected chi connectivity index (χ0v) is 16.5. The van der Waals surface area contributed by atoms with Crippen molar-refractivity contribution in [3.63, 3.8) is 0 Å². The summed E-state index contributed by atoms with van der Waals surface area (Å²) in [6.07, 6.45) is 2.51. The Morgan fingerprint density at radius 1 is 1.15 bits per heavy atom. The standard InChI is InChI=1S/C17H32N4O4S/c1-2-18-17(19-5-6-20-8-12-26(22,23)13-9-20)21-7-11-25-16(14-21)15-4-3-10-24-15/h15-16H,2-14H2,1H3,(H,18,19). The van der Waals surface area contributed by atoms with Gasteiger partial charge in [0.15, 0.2) is 15.8 Å². The molecule has 0 aliphatic carbocycles. The number of aliphatic imine (C=N–C) groups is 1. The second-order valence-corrected chi connectivity index (χ2v) is 9.44. The summed E-state index contributed by atoms with van der Waals surface area (Å²) in [7, 11) is -2.82. The molecule has 1 N–H and O–H groups in total. The van der Waals surface area contributed by atoms with Crippen LogP contribution in [0.2, 0.25) is 0 Å². The molecule has 0 radical (unpaired) electrons. The number of guanidine groups is 1. The minimum absolute atomic E-state index is 0.113. The molecule has 9 heteroatoms. The highest BCUT2D eigenvalue weighted by molar-refractivity contribution is 7.91. The van der Waals surface area contributed by atoms with Gasteiger partial charge in [-0.1, -0.05) is 0 Å². The van der Waals surface area contributed by atoms with Crippen LogP contribution in [0.25, 0.3) is 0 Å². The third-order valence-corrected chi connectivity index (χ3v) is 6.83. The van der Waals surface area contributed by atoms with Crippen LogP contribution < -0.4 is 5.32 Å². The Kier molecular flexibility index (Phi) is 7.13. The van der Waals surface area contributed by atoms with Gasteiger partial charge < -0.3 is 19.7 Å². The van der Waals surface area contributed by atoms with Gasteiger partial charge in [0.05, 0.1) is 30.8 Å². The fourth-order valence-corrected chi connectivity index (χ4v) is 4.96. The predicted octanol–water partition coefficient (Wildman–Crippen LogP) is -0.438. The molecule has 2 atom stereocenters. The molecule has 3 aliphatic rings. The first kappa shape index (κ1) is 19.9. The van der Waals surface area contributed by atoms with Gasteiger partial charge in [0.25, 0.3) is 0 Å². The Morgan fingerprint density at radius 3 is 2.62 bits per heavy atom. The van der Waals surface area contributed by atoms with E-state index >= 15 is 0 Å². The summed E-state index contributed by atoms with van der Waals surface area (Å²) in [5, 5.41) is 3.38. The maximum atomic E-state index is 11.5. The topological polar surface area (TPSA) is 83.5 Å². The summed E-state index contributed by atoms with van der Waals surface area (Å²) in [5.74, 6) is 1.45. The molecule has 0 spiro atoms. The third-order valence-electron chi connectivity index (χ3n) is 5.22. The van der Waals surface area contributed by atoms with Crippen molar-refractivity contribution in [3.05, 3.63) is 0 Å². The smallest absolute Gasteiger partial charge is 0.194 e. The van der Waals surface area contributed by atoms with Crippen molar-refractivity contribution in [2.24, 2.45) is 4.99 Å². The first-order valence-electron chi connectivity index (χ1n) is 9.76. The summed E-state index contributed by atoms with van der Waals surface area (Å²) in [6, 6.07) is 0. The largest absolute Gasteiger partial charge is 0.375 e. The highest BCUT2D eigenvalue weighted by Crippen LogP contribution is 2.21. The Labute approximate surface area is 156 Å². The molecule has 3 saturated heterocycles. The summed E-state index contributed by atoms with van der Waals surface area (Å²) in [6.45, 7) is 8.76. The molecule has 0 saturated carbocycles. The first-order chi connectivity index (χ1) is 12.6. The number of hydrogen-bond donors (Lipinski definition) is 1. The molecule has 0 amide bonds. The van der Waals surface area contributed by atoms with Gasteiger partial charge in [-0.05, 0) is 19.8 Å². The molecule has 0 aromatic rings. The number of rotatable bonds is 5. The number of nitrogens with one attached hydrogen (secondary N) is 1. The molecule has 0 bridgehead atoms. The second kappa shape index (κ2) is 9.34. The minimum Gasteiger partial charge on any atom is -0.375 e. The fourth-order valence-electron chi connectivity index (χ4n) is 3.69. The van der Waals surface area contributed by atoms with E-state index in [-0.39, 0.29) is 23.7 Å². The fraction of sp³-hybridized carbons (Fsp3) is 0.941. The van der Waals surface area contributed by atoms with Crippen molar-refractivity contribution in [2.45, 2.75) is 32.0 Å². The van der Waals surface area contributed by atoms with E-state index in [2.05, 4.69) is 22.0 Å². The monoisotopic (exact) mass is 388 g/mol. The van der Waals surface area contributed by atoms with Crippen molar-refractivity contribution in [1.29, 1.82) is 0 Å². The second-order valence-electron chi connectivity index (χ2n) is 7.14. The van der Waals surface area contributed by atoms with E-state index in [0.717, 1.165) is 51.6 Å². The molecule has 3 heterocycles. The van der Waals surface area contributed by atoms with E-state index in [9.17, 15) is 8.42 Å². The average Bonchev–Trinajstić information content (AvgIpc) is 3.17. The maximum Gasteiger partial charge on any atom is 0.194 e. The summed E-state index contributed by atoms with van der Waals surface area (Å²) in [4.78, 5) is 9.22. The molecule has 0 aromatic carbocycles. The highest BCUT2D eigenvalue weighted by Gasteiger charge is 2.32. The summed E-state index contributed by atoms with van der Waals surface area (Å²) in [5.41, 5.74) is 0. The zero-order valence-electron chi connectivity index (χ0n) is 15.7. The van der Waals surface area contributed by atoms with Crippen LogP contribution >= 0.6 is 0 Å². The van der Waals surface area contributed by atoms with E-state index in [4.69, 9.17) is 14.5 Å². The third kappa shape index (κ3) is 5.55. The summed E-state index contributed by atoms with van der Waals surface area (Å²) >= 11 is 0. The SMILES string of the molecule is CCNC(=NCCN1CCS(=O)(=O)CC1)N1CCOC(C2CCCO2)C1. The van der Waals surface area contributed by atoms with Gasteiger partial charge in [-0.2, -0.15) is 0 Å². The maximum absolute atomic E-state index is 11.5. The average molecular weight is 389 g/mol. The quantitative estimate of drug-likeness (QED) is 0.505. The number of sulfone groups is 1. The lowest BCUT2D eigenvalue weighted by Crippen LogP contribution is -2.53. The van der Waals surface area contributed by atoms with Crippen LogP contribution in [0.15, 0.2) is 4.99 Å². The number of hydrogen-bond acceptors (Lipinski definition) is 6. The molecular weight excluding hydrogens is 356 g/mol. The van der Waals surface area contributed by atoms with Crippen molar-refractivity contribution in [1.82, 2.24) is 15.1 Å². The van der Waals surface area contributed by atoms with E-state index in [0.29, 0.717) is 26.2 Å². The molecule has 26 heavy (non-hydrogen) atoms. The number of nitrogens with zero attached hydrogens (tertiary/aromatic N) is 3. The van der Waals surface area contributed by atoms with Crippen LogP contribution in [0, 0.1) is 0 Å². The summed E-state index contributed by atoms with van der Waals surface area (Å²) < 4.78 is 34.7. The van der Waals surface area contributed by atoms with E-state index < -0.39 is 9.84 Å². The van der Waals surface area contributed by atoms with E-state index in [1.54, 1.807) is 0 Å². The van der Waals surface area contributed by atoms with Crippen LogP contribution in [-0.2, 0) is 19.3 Å². The molecule has 3 fully saturated rings. The Morgan fingerprint density at radius 2 is 1.92 bits per heavy atom. The molecule has 3 aliphatic heterocycles. The van der Waals surface area contributed by atoms with Crippen molar-refractivity contribution < 1.29 is 17.9 Å². The number of ether oxygens (including phenoxy) is 2. The van der Waals surface area contributed by atoms with Crippen LogP contribution in [-0.4, -0.2) is 107 Å². The molecule has 3 rings (SSSR count). The highest BCUT2D eigenvalue weighted by atomic mass is 32.2. The van der Waals surface area contributed by atoms with Gasteiger partial charge in [-0.15, -0.1) is 0 Å². The van der Waals surface area contributed by atoms with E-state index in [1.165, 1.54) is 0 Å². The van der Waals surface area contributed by atoms with Crippen LogP contribution in [0.4, 0.5) is 0 Å². The van der Waals surface area contributed by atoms with Crippen molar-refractivity contribution >= 4 is 15.8 Å². The van der Waals surface area contributed by atoms with Gasteiger partial charge in [0.1, 0.15) is 6.10 Å². The lowest BCUT2D eigenvalue weighted by Gasteiger charge is -2.37. The Balaban J connectivity index is 1.51. The molecule has 2 unspecified atom stereocenters. The van der Waals surface area contributed by atoms with Crippen LogP contribution in [0.1, 0.15) is 19.8 Å². The molecule has 8 nitrogen and oxygen atoms in total. The number of morpholine rings is 1. The molecule has 150 valence electrons. The normalized spacial score (nSPS) is 30.5. The van der Waals surface area contributed by atoms with Gasteiger partial charge in [-0.25, -0.2) is 8.42 Å². The Hall–Kier alpha value is -0.900. The van der Waals surface area contributed by atoms with Crippen LogP contribution in [0.3, 0.4) is 0 Å². The van der Waals surface area contributed by atoms with Crippen LogP contribution in [0.5, 0.6) is 0 Å². The lowest BCUT2D eigenvalue weighted by atomic mass is 10.1. The van der Waals surface area contributed by atoms with Crippen molar-refractivity contribution in [2.75, 3.05) is 70.5 Å². The lowest BCUT2D eigenvalue weighted by molar-refractivity contribution is -0.0817. The predicted molar refractivity (Wildman–Crippen MR) is 101 cm³/mol. The van der Waals surface area contributed by atoms with Crippen molar-refractivity contribution in [3.8, 4) is 0 Å². The van der Waals surface area contributed by atoms with E-state index in [1.807, 2.05) is 0 Å². The minimum atomic E-state index is -2.82.